The molecule has 0 bridgehead atoms. The van der Waals surface area contributed by atoms with Crippen molar-refractivity contribution in [1.82, 2.24) is 14.6 Å². The molecule has 1 aliphatic heterocycles. The fourth-order valence-electron chi connectivity index (χ4n) is 2.81. The SMILES string of the molecule is Cc1ccc(/C=N\NC(=O)CN2CCN(S(=O)(=O)c3ccc(Br)cc3)CC2)s1. The number of rotatable bonds is 6. The second-order valence-electron chi connectivity index (χ2n) is 6.38. The van der Waals surface area contributed by atoms with Gasteiger partial charge in [0.2, 0.25) is 10.0 Å². The molecule has 0 unspecified atom stereocenters. The molecule has 0 spiro atoms. The summed E-state index contributed by atoms with van der Waals surface area (Å²) in [5.41, 5.74) is 2.52. The van der Waals surface area contributed by atoms with Crippen LogP contribution in [0.5, 0.6) is 0 Å². The first kappa shape index (κ1) is 21.1. The molecule has 2 aromatic rings. The lowest BCUT2D eigenvalue weighted by atomic mass is 10.3. The third-order valence-corrected chi connectivity index (χ3v) is 7.67. The zero-order valence-electron chi connectivity index (χ0n) is 15.3. The fourth-order valence-corrected chi connectivity index (χ4v) is 5.25. The molecule has 1 amide bonds. The maximum absolute atomic E-state index is 12.7. The number of nitrogens with zero attached hydrogens (tertiary/aromatic N) is 3. The number of piperazine rings is 1. The molecule has 1 aromatic heterocycles. The van der Waals surface area contributed by atoms with Crippen LogP contribution in [0.25, 0.3) is 0 Å². The Bertz CT molecular complexity index is 949. The maximum Gasteiger partial charge on any atom is 0.254 e. The number of carbonyl (C=O) groups excluding carboxylic acids is 1. The number of carbonyl (C=O) groups is 1. The highest BCUT2D eigenvalue weighted by atomic mass is 79.9. The van der Waals surface area contributed by atoms with Gasteiger partial charge in [0, 0.05) is 40.4 Å². The van der Waals surface area contributed by atoms with Crippen LogP contribution in [0.15, 0.2) is 50.9 Å². The molecule has 10 heteroatoms. The first-order valence-electron chi connectivity index (χ1n) is 8.71. The van der Waals surface area contributed by atoms with E-state index in [1.165, 1.54) is 9.18 Å². The standard InChI is InChI=1S/C18H21BrN4O3S2/c1-14-2-5-16(27-14)12-20-21-18(24)13-22-8-10-23(11-9-22)28(25,26)17-6-3-15(19)4-7-17/h2-7,12H,8-11,13H2,1H3,(H,21,24)/b20-12-. The van der Waals surface area contributed by atoms with E-state index in [-0.39, 0.29) is 17.3 Å². The molecule has 0 radical (unpaired) electrons. The highest BCUT2D eigenvalue weighted by Gasteiger charge is 2.28. The average Bonchev–Trinajstić information content (AvgIpc) is 3.08. The molecule has 3 rings (SSSR count). The number of hydrazone groups is 1. The Balaban J connectivity index is 1.47. The molecular formula is C18H21BrN4O3S2. The van der Waals surface area contributed by atoms with Gasteiger partial charge in [0.1, 0.15) is 0 Å². The molecule has 1 aromatic carbocycles. The molecular weight excluding hydrogens is 464 g/mol. The number of halogens is 1. The third-order valence-electron chi connectivity index (χ3n) is 4.29. The number of sulfonamides is 1. The van der Waals surface area contributed by atoms with Crippen molar-refractivity contribution in [2.45, 2.75) is 11.8 Å². The summed E-state index contributed by atoms with van der Waals surface area (Å²) in [6.45, 7) is 3.89. The van der Waals surface area contributed by atoms with Crippen molar-refractivity contribution in [1.29, 1.82) is 0 Å². The zero-order valence-corrected chi connectivity index (χ0v) is 18.6. The lowest BCUT2D eigenvalue weighted by Crippen LogP contribution is -2.50. The Morgan fingerprint density at radius 1 is 1.18 bits per heavy atom. The predicted molar refractivity (Wildman–Crippen MR) is 114 cm³/mol. The van der Waals surface area contributed by atoms with E-state index in [2.05, 4.69) is 26.5 Å². The van der Waals surface area contributed by atoms with Crippen molar-refractivity contribution in [3.05, 3.63) is 50.6 Å². The van der Waals surface area contributed by atoms with Gasteiger partial charge >= 0.3 is 0 Å². The summed E-state index contributed by atoms with van der Waals surface area (Å²) in [4.78, 5) is 16.4. The van der Waals surface area contributed by atoms with Gasteiger partial charge in [-0.3, -0.25) is 9.69 Å². The van der Waals surface area contributed by atoms with Crippen LogP contribution in [-0.4, -0.2) is 62.5 Å². The van der Waals surface area contributed by atoms with Crippen LogP contribution in [0.3, 0.4) is 0 Å². The van der Waals surface area contributed by atoms with Gasteiger partial charge in [-0.15, -0.1) is 11.3 Å². The van der Waals surface area contributed by atoms with Crippen LogP contribution in [0.2, 0.25) is 0 Å². The van der Waals surface area contributed by atoms with Crippen molar-refractivity contribution in [3.8, 4) is 0 Å². The molecule has 1 N–H and O–H groups in total. The topological polar surface area (TPSA) is 82.1 Å². The van der Waals surface area contributed by atoms with Crippen LogP contribution in [0.4, 0.5) is 0 Å². The van der Waals surface area contributed by atoms with Crippen molar-refractivity contribution >= 4 is 49.4 Å². The average molecular weight is 485 g/mol. The second-order valence-corrected chi connectivity index (χ2v) is 10.5. The number of nitrogens with one attached hydrogen (secondary N) is 1. The van der Waals surface area contributed by atoms with Crippen LogP contribution < -0.4 is 5.43 Å². The number of amides is 1. The minimum Gasteiger partial charge on any atom is -0.292 e. The summed E-state index contributed by atoms with van der Waals surface area (Å²) in [5, 5.41) is 3.97. The van der Waals surface area contributed by atoms with Crippen LogP contribution in [0.1, 0.15) is 9.75 Å². The van der Waals surface area contributed by atoms with Crippen molar-refractivity contribution in [3.63, 3.8) is 0 Å². The highest BCUT2D eigenvalue weighted by Crippen LogP contribution is 2.20. The van der Waals surface area contributed by atoms with E-state index in [4.69, 9.17) is 0 Å². The van der Waals surface area contributed by atoms with E-state index in [1.54, 1.807) is 41.8 Å². The molecule has 150 valence electrons. The number of hydrogen-bond donors (Lipinski definition) is 1. The van der Waals surface area contributed by atoms with Gasteiger partial charge in [-0.1, -0.05) is 15.9 Å². The van der Waals surface area contributed by atoms with E-state index in [0.717, 1.165) is 9.35 Å². The molecule has 2 heterocycles. The summed E-state index contributed by atoms with van der Waals surface area (Å²) in [6, 6.07) is 10.5. The molecule has 28 heavy (non-hydrogen) atoms. The monoisotopic (exact) mass is 484 g/mol. The molecule has 0 atom stereocenters. The minimum absolute atomic E-state index is 0.187. The van der Waals surface area contributed by atoms with Crippen molar-refractivity contribution in [2.24, 2.45) is 5.10 Å². The lowest BCUT2D eigenvalue weighted by molar-refractivity contribution is -0.122. The second kappa shape index (κ2) is 9.27. The van der Waals surface area contributed by atoms with E-state index < -0.39 is 10.0 Å². The van der Waals surface area contributed by atoms with Crippen molar-refractivity contribution in [2.75, 3.05) is 32.7 Å². The van der Waals surface area contributed by atoms with Gasteiger partial charge in [0.15, 0.2) is 0 Å². The van der Waals surface area contributed by atoms with Gasteiger partial charge in [-0.2, -0.15) is 9.41 Å². The Morgan fingerprint density at radius 3 is 2.46 bits per heavy atom. The summed E-state index contributed by atoms with van der Waals surface area (Å²) >= 11 is 4.91. The largest absolute Gasteiger partial charge is 0.292 e. The van der Waals surface area contributed by atoms with Gasteiger partial charge in [-0.05, 0) is 43.3 Å². The maximum atomic E-state index is 12.7. The Labute approximate surface area is 177 Å². The Hall–Kier alpha value is -1.59. The van der Waals surface area contributed by atoms with E-state index >= 15 is 0 Å². The van der Waals surface area contributed by atoms with Crippen LogP contribution in [0, 0.1) is 6.92 Å². The first-order chi connectivity index (χ1) is 13.3. The molecule has 7 nitrogen and oxygen atoms in total. The number of thiophene rings is 1. The number of benzene rings is 1. The van der Waals surface area contributed by atoms with Gasteiger partial charge < -0.3 is 0 Å². The summed E-state index contributed by atoms with van der Waals surface area (Å²) < 4.78 is 27.7. The Morgan fingerprint density at radius 2 is 1.86 bits per heavy atom. The van der Waals surface area contributed by atoms with Gasteiger partial charge in [0.25, 0.3) is 5.91 Å². The fraction of sp³-hybridized carbons (Fsp3) is 0.333. The smallest absolute Gasteiger partial charge is 0.254 e. The molecule has 1 saturated heterocycles. The van der Waals surface area contributed by atoms with E-state index in [0.29, 0.717) is 26.2 Å². The number of aryl methyl sites for hydroxylation is 1. The van der Waals surface area contributed by atoms with E-state index in [1.807, 2.05) is 24.0 Å². The Kier molecular flexibility index (Phi) is 7.00. The van der Waals surface area contributed by atoms with Crippen LogP contribution >= 0.6 is 27.3 Å². The summed E-state index contributed by atoms with van der Waals surface area (Å²) in [7, 11) is -3.51. The van der Waals surface area contributed by atoms with Gasteiger partial charge in [0.05, 0.1) is 17.7 Å². The normalized spacial score (nSPS) is 16.5. The van der Waals surface area contributed by atoms with Crippen molar-refractivity contribution < 1.29 is 13.2 Å². The molecule has 1 aliphatic rings. The highest BCUT2D eigenvalue weighted by molar-refractivity contribution is 9.10. The van der Waals surface area contributed by atoms with Gasteiger partial charge in [-0.25, -0.2) is 13.8 Å². The van der Waals surface area contributed by atoms with E-state index in [9.17, 15) is 13.2 Å². The first-order valence-corrected chi connectivity index (χ1v) is 11.8. The lowest BCUT2D eigenvalue weighted by Gasteiger charge is -2.33. The predicted octanol–water partition coefficient (Wildman–Crippen LogP) is 2.28. The molecule has 1 fully saturated rings. The molecule has 0 aliphatic carbocycles. The van der Waals surface area contributed by atoms with Crippen LogP contribution in [-0.2, 0) is 14.8 Å². The summed E-state index contributed by atoms with van der Waals surface area (Å²) in [5.74, 6) is -0.214. The quantitative estimate of drug-likeness (QED) is 0.503. The molecule has 0 saturated carbocycles. The third kappa shape index (κ3) is 5.48. The number of hydrogen-bond acceptors (Lipinski definition) is 6. The zero-order chi connectivity index (χ0) is 20.1. The minimum atomic E-state index is -3.51. The summed E-state index contributed by atoms with van der Waals surface area (Å²) in [6.07, 6.45) is 1.62.